The van der Waals surface area contributed by atoms with E-state index in [1.807, 2.05) is 6.92 Å². The average Bonchev–Trinajstić information content (AvgIpc) is 3.18. The van der Waals surface area contributed by atoms with Crippen molar-refractivity contribution < 1.29 is 14.3 Å². The fourth-order valence-electron chi connectivity index (χ4n) is 7.40. The van der Waals surface area contributed by atoms with Crippen molar-refractivity contribution in [2.45, 2.75) is 194 Å². The highest BCUT2D eigenvalue weighted by molar-refractivity contribution is 5.83. The highest BCUT2D eigenvalue weighted by Crippen LogP contribution is 2.34. The lowest BCUT2D eigenvalue weighted by Crippen LogP contribution is -2.08. The number of esters is 1. The quantitative estimate of drug-likeness (QED) is 0.0475. The maximum atomic E-state index is 12.6. The Morgan fingerprint density at radius 2 is 0.849 bits per heavy atom. The number of ether oxygens (including phenoxy) is 2. The fourth-order valence-corrected chi connectivity index (χ4v) is 7.40. The van der Waals surface area contributed by atoms with Gasteiger partial charge in [-0.25, -0.2) is 0 Å². The molecule has 0 aromatic heterocycles. The third-order valence-electron chi connectivity index (χ3n) is 10.8. The molecule has 0 N–H and O–H groups in total. The van der Waals surface area contributed by atoms with Crippen molar-refractivity contribution in [3.05, 3.63) is 78.4 Å². The highest BCUT2D eigenvalue weighted by atomic mass is 16.5. The summed E-state index contributed by atoms with van der Waals surface area (Å²) in [5.41, 5.74) is 5.75. The van der Waals surface area contributed by atoms with Gasteiger partial charge in [0.05, 0.1) is 6.61 Å². The van der Waals surface area contributed by atoms with Crippen molar-refractivity contribution in [1.29, 1.82) is 0 Å². The molecule has 0 fully saturated rings. The van der Waals surface area contributed by atoms with Crippen LogP contribution in [0.1, 0.15) is 199 Å². The molecule has 1 unspecified atom stereocenters. The van der Waals surface area contributed by atoms with E-state index in [9.17, 15) is 4.79 Å². The Morgan fingerprint density at radius 1 is 0.472 bits per heavy atom. The molecule has 0 saturated heterocycles. The molecule has 0 saturated carbocycles. The van der Waals surface area contributed by atoms with Gasteiger partial charge in [0.25, 0.3) is 0 Å². The van der Waals surface area contributed by atoms with Gasteiger partial charge in [-0.05, 0) is 59.7 Å². The standard InChI is InChI=1S/C50H76O3/c1-4-6-8-10-12-14-16-18-20-22-24-26-30-42-52-47-40-38-46(39-41-47)49-32-29-28-31-48(49)45-36-34-44(35-37-45)43(3)53-50(51)33-27-25-23-21-19-17-15-13-11-9-7-5-2/h28-29,31-32,34-41,43H,4-27,30,33,42H2,1-3H3. The number of carbonyl (C=O) groups excluding carboxylic acids is 1. The summed E-state index contributed by atoms with van der Waals surface area (Å²) < 4.78 is 11.9. The van der Waals surface area contributed by atoms with Crippen LogP contribution < -0.4 is 4.74 Å². The number of hydrogen-bond acceptors (Lipinski definition) is 3. The molecule has 3 rings (SSSR count). The lowest BCUT2D eigenvalue weighted by Gasteiger charge is -2.15. The molecule has 0 spiro atoms. The summed E-state index contributed by atoms with van der Waals surface area (Å²) in [7, 11) is 0. The molecule has 3 nitrogen and oxygen atoms in total. The molecule has 3 heteroatoms. The Labute approximate surface area is 326 Å². The zero-order valence-electron chi connectivity index (χ0n) is 34.3. The van der Waals surface area contributed by atoms with Gasteiger partial charge in [0, 0.05) is 6.42 Å². The number of rotatable bonds is 32. The molecule has 1 atom stereocenters. The van der Waals surface area contributed by atoms with Gasteiger partial charge in [-0.2, -0.15) is 0 Å². The number of benzene rings is 3. The second-order valence-corrected chi connectivity index (χ2v) is 15.6. The van der Waals surface area contributed by atoms with Gasteiger partial charge < -0.3 is 9.47 Å². The minimum atomic E-state index is -0.253. The van der Waals surface area contributed by atoms with E-state index in [0.717, 1.165) is 42.7 Å². The van der Waals surface area contributed by atoms with E-state index in [2.05, 4.69) is 86.6 Å². The molecule has 0 heterocycles. The largest absolute Gasteiger partial charge is 0.494 e. The van der Waals surface area contributed by atoms with E-state index in [1.54, 1.807) is 0 Å². The number of unbranched alkanes of at least 4 members (excludes halogenated alkanes) is 23. The van der Waals surface area contributed by atoms with Crippen molar-refractivity contribution in [3.63, 3.8) is 0 Å². The average molecular weight is 725 g/mol. The van der Waals surface area contributed by atoms with Crippen LogP contribution in [-0.2, 0) is 9.53 Å². The van der Waals surface area contributed by atoms with Crippen LogP contribution in [0.25, 0.3) is 22.3 Å². The summed E-state index contributed by atoms with van der Waals surface area (Å²) in [6.07, 6.45) is 33.5. The topological polar surface area (TPSA) is 35.5 Å². The smallest absolute Gasteiger partial charge is 0.306 e. The molecule has 0 aliphatic carbocycles. The molecule has 0 radical (unpaired) electrons. The van der Waals surface area contributed by atoms with Gasteiger partial charge >= 0.3 is 5.97 Å². The van der Waals surface area contributed by atoms with E-state index in [0.29, 0.717) is 6.42 Å². The molecule has 294 valence electrons. The first-order valence-corrected chi connectivity index (χ1v) is 22.2. The van der Waals surface area contributed by atoms with Gasteiger partial charge in [0.1, 0.15) is 11.9 Å². The van der Waals surface area contributed by atoms with E-state index in [-0.39, 0.29) is 12.1 Å². The van der Waals surface area contributed by atoms with Crippen molar-refractivity contribution in [3.8, 4) is 28.0 Å². The Balaban J connectivity index is 1.31. The summed E-state index contributed by atoms with van der Waals surface area (Å²) in [6.45, 7) is 7.32. The molecule has 3 aromatic rings. The highest BCUT2D eigenvalue weighted by Gasteiger charge is 2.13. The molecular formula is C50H76O3. The predicted octanol–water partition coefficient (Wildman–Crippen LogP) is 16.2. The maximum absolute atomic E-state index is 12.6. The van der Waals surface area contributed by atoms with Crippen LogP contribution in [0.4, 0.5) is 0 Å². The van der Waals surface area contributed by atoms with Crippen LogP contribution in [-0.4, -0.2) is 12.6 Å². The molecular weight excluding hydrogens is 649 g/mol. The molecule has 0 aliphatic heterocycles. The normalized spacial score (nSPS) is 11.8. The summed E-state index contributed by atoms with van der Waals surface area (Å²) in [4.78, 5) is 12.6. The van der Waals surface area contributed by atoms with Crippen LogP contribution in [0.5, 0.6) is 5.75 Å². The second kappa shape index (κ2) is 29.3. The van der Waals surface area contributed by atoms with E-state index < -0.39 is 0 Å². The van der Waals surface area contributed by atoms with Crippen molar-refractivity contribution in [1.82, 2.24) is 0 Å². The molecule has 3 aromatic carbocycles. The van der Waals surface area contributed by atoms with Gasteiger partial charge in [-0.3, -0.25) is 4.79 Å². The fraction of sp³-hybridized carbons (Fsp3) is 0.620. The lowest BCUT2D eigenvalue weighted by molar-refractivity contribution is -0.148. The monoisotopic (exact) mass is 725 g/mol. The predicted molar refractivity (Wildman–Crippen MR) is 229 cm³/mol. The summed E-state index contributed by atoms with van der Waals surface area (Å²) in [5.74, 6) is 0.854. The van der Waals surface area contributed by atoms with Gasteiger partial charge in [0.2, 0.25) is 0 Å². The van der Waals surface area contributed by atoms with Crippen LogP contribution in [0.3, 0.4) is 0 Å². The van der Waals surface area contributed by atoms with Crippen molar-refractivity contribution in [2.75, 3.05) is 6.61 Å². The summed E-state index contributed by atoms with van der Waals surface area (Å²) in [6, 6.07) is 25.6. The lowest BCUT2D eigenvalue weighted by atomic mass is 9.93. The summed E-state index contributed by atoms with van der Waals surface area (Å²) >= 11 is 0. The Hall–Kier alpha value is -3.07. The zero-order valence-corrected chi connectivity index (χ0v) is 34.3. The molecule has 0 amide bonds. The van der Waals surface area contributed by atoms with Gasteiger partial charge in [-0.15, -0.1) is 0 Å². The third kappa shape index (κ3) is 19.7. The molecule has 0 bridgehead atoms. The van der Waals surface area contributed by atoms with Crippen molar-refractivity contribution in [2.24, 2.45) is 0 Å². The first-order chi connectivity index (χ1) is 26.1. The number of carbonyl (C=O) groups is 1. The van der Waals surface area contributed by atoms with Crippen LogP contribution in [0, 0.1) is 0 Å². The van der Waals surface area contributed by atoms with E-state index >= 15 is 0 Å². The first kappa shape index (κ1) is 44.3. The van der Waals surface area contributed by atoms with Gasteiger partial charge in [-0.1, -0.05) is 222 Å². The molecule has 53 heavy (non-hydrogen) atoms. The molecule has 0 aliphatic rings. The number of hydrogen-bond donors (Lipinski definition) is 0. The third-order valence-corrected chi connectivity index (χ3v) is 10.8. The van der Waals surface area contributed by atoms with Crippen LogP contribution in [0.2, 0.25) is 0 Å². The van der Waals surface area contributed by atoms with E-state index in [4.69, 9.17) is 9.47 Å². The van der Waals surface area contributed by atoms with E-state index in [1.165, 1.54) is 158 Å². The SMILES string of the molecule is CCCCCCCCCCCCCCCOc1ccc(-c2ccccc2-c2ccc(C(C)OC(=O)CCCCCCCCCCCCCC)cc2)cc1. The minimum Gasteiger partial charge on any atom is -0.494 e. The van der Waals surface area contributed by atoms with Gasteiger partial charge in [0.15, 0.2) is 0 Å². The van der Waals surface area contributed by atoms with Crippen molar-refractivity contribution >= 4 is 5.97 Å². The summed E-state index contributed by atoms with van der Waals surface area (Å²) in [5, 5.41) is 0. The second-order valence-electron chi connectivity index (χ2n) is 15.6. The zero-order chi connectivity index (χ0) is 37.6. The Bertz CT molecular complexity index is 1310. The maximum Gasteiger partial charge on any atom is 0.306 e. The first-order valence-electron chi connectivity index (χ1n) is 22.2. The Kier molecular flexibility index (Phi) is 24.5. The Morgan fingerprint density at radius 3 is 1.28 bits per heavy atom. The van der Waals surface area contributed by atoms with Crippen LogP contribution >= 0.6 is 0 Å². The van der Waals surface area contributed by atoms with Crippen LogP contribution in [0.15, 0.2) is 72.8 Å². The minimum absolute atomic E-state index is 0.0872.